The predicted octanol–water partition coefficient (Wildman–Crippen LogP) is 2.09. The molecule has 1 aromatic rings. The van der Waals surface area contributed by atoms with E-state index in [1.165, 1.54) is 57.5 Å². The van der Waals surface area contributed by atoms with Crippen LogP contribution >= 0.6 is 0 Å². The van der Waals surface area contributed by atoms with E-state index in [9.17, 15) is 0 Å². The van der Waals surface area contributed by atoms with Crippen molar-refractivity contribution >= 4 is 11.4 Å². The Bertz CT molecular complexity index is 416. The van der Waals surface area contributed by atoms with E-state index in [0.29, 0.717) is 5.41 Å². The first kappa shape index (κ1) is 12.7. The molecule has 0 bridgehead atoms. The van der Waals surface area contributed by atoms with Crippen molar-refractivity contribution in [3.8, 4) is 0 Å². The summed E-state index contributed by atoms with van der Waals surface area (Å²) >= 11 is 0. The molecule has 0 aromatic carbocycles. The smallest absolute Gasteiger partial charge is 0.0761 e. The maximum atomic E-state index is 4.20. The summed E-state index contributed by atoms with van der Waals surface area (Å²) in [6.07, 6.45) is 9.18. The molecule has 19 heavy (non-hydrogen) atoms. The Morgan fingerprint density at radius 1 is 1.32 bits per heavy atom. The van der Waals surface area contributed by atoms with Gasteiger partial charge in [-0.15, -0.1) is 0 Å². The van der Waals surface area contributed by atoms with Gasteiger partial charge in [-0.1, -0.05) is 0 Å². The second-order valence-corrected chi connectivity index (χ2v) is 5.91. The van der Waals surface area contributed by atoms with E-state index in [2.05, 4.69) is 26.6 Å². The lowest BCUT2D eigenvalue weighted by molar-refractivity contribution is 0.161. The van der Waals surface area contributed by atoms with Crippen LogP contribution in [0.15, 0.2) is 18.5 Å². The summed E-state index contributed by atoms with van der Waals surface area (Å²) in [5, 5.41) is 6.83. The normalized spacial score (nSPS) is 22.5. The van der Waals surface area contributed by atoms with Crippen LogP contribution in [-0.2, 0) is 0 Å². The molecular weight excluding hydrogens is 236 g/mol. The number of aromatic nitrogens is 1. The minimum Gasteiger partial charge on any atom is -0.385 e. The third-order valence-corrected chi connectivity index (χ3v) is 4.79. The molecule has 104 valence electrons. The molecule has 0 radical (unpaired) electrons. The number of piperidine rings is 2. The fraction of sp³-hybridized carbons (Fsp3) is 0.667. The van der Waals surface area contributed by atoms with E-state index in [4.69, 9.17) is 0 Å². The summed E-state index contributed by atoms with van der Waals surface area (Å²) in [5.41, 5.74) is 3.01. The number of hydrogen-bond acceptors (Lipinski definition) is 4. The highest BCUT2D eigenvalue weighted by atomic mass is 15.2. The Kier molecular flexibility index (Phi) is 3.60. The van der Waals surface area contributed by atoms with Crippen LogP contribution in [0.3, 0.4) is 0 Å². The fourth-order valence-electron chi connectivity index (χ4n) is 3.53. The average molecular weight is 260 g/mol. The Balaban J connectivity index is 1.69. The molecule has 1 spiro atoms. The van der Waals surface area contributed by atoms with Gasteiger partial charge in [-0.25, -0.2) is 0 Å². The molecule has 2 fully saturated rings. The van der Waals surface area contributed by atoms with Gasteiger partial charge in [0.25, 0.3) is 0 Å². The quantitative estimate of drug-likeness (QED) is 0.854. The van der Waals surface area contributed by atoms with Crippen molar-refractivity contribution in [2.75, 3.05) is 43.4 Å². The first-order valence-electron chi connectivity index (χ1n) is 7.40. The highest BCUT2D eigenvalue weighted by Gasteiger charge is 2.35. The van der Waals surface area contributed by atoms with Crippen molar-refractivity contribution in [1.82, 2.24) is 10.3 Å². The van der Waals surface area contributed by atoms with Crippen molar-refractivity contribution < 1.29 is 0 Å². The number of pyridine rings is 1. The molecule has 2 aliphatic heterocycles. The lowest BCUT2D eigenvalue weighted by atomic mass is 9.73. The number of anilines is 2. The Morgan fingerprint density at radius 3 is 2.84 bits per heavy atom. The zero-order valence-electron chi connectivity index (χ0n) is 11.8. The molecule has 0 amide bonds. The second kappa shape index (κ2) is 5.37. The van der Waals surface area contributed by atoms with Crippen molar-refractivity contribution in [1.29, 1.82) is 0 Å². The number of rotatable bonds is 2. The Hall–Kier alpha value is -1.29. The summed E-state index contributed by atoms with van der Waals surface area (Å²) in [6.45, 7) is 4.76. The monoisotopic (exact) mass is 260 g/mol. The first-order valence-corrected chi connectivity index (χ1v) is 7.40. The molecule has 4 heteroatoms. The van der Waals surface area contributed by atoms with Crippen LogP contribution in [0.25, 0.3) is 0 Å². The van der Waals surface area contributed by atoms with Crippen LogP contribution < -0.4 is 15.5 Å². The van der Waals surface area contributed by atoms with E-state index < -0.39 is 0 Å². The SMILES string of the molecule is CNc1cnccc1N1CCC2(CCCNC2)CC1. The van der Waals surface area contributed by atoms with Gasteiger partial charge in [-0.05, 0) is 43.7 Å². The Labute approximate surface area is 115 Å². The molecule has 4 nitrogen and oxygen atoms in total. The Morgan fingerprint density at radius 2 is 2.16 bits per heavy atom. The zero-order valence-corrected chi connectivity index (χ0v) is 11.8. The van der Waals surface area contributed by atoms with Crippen molar-refractivity contribution in [3.63, 3.8) is 0 Å². The van der Waals surface area contributed by atoms with Gasteiger partial charge in [-0.3, -0.25) is 4.98 Å². The molecule has 3 heterocycles. The highest BCUT2D eigenvalue weighted by molar-refractivity contribution is 5.68. The van der Waals surface area contributed by atoms with Gasteiger partial charge in [-0.2, -0.15) is 0 Å². The standard InChI is InChI=1S/C15H24N4/c1-16-13-11-17-8-3-14(13)19-9-5-15(6-10-19)4-2-7-18-12-15/h3,8,11,16,18H,2,4-7,9-10,12H2,1H3. The first-order chi connectivity index (χ1) is 9.33. The minimum atomic E-state index is 0.571. The predicted molar refractivity (Wildman–Crippen MR) is 79.8 cm³/mol. The van der Waals surface area contributed by atoms with Gasteiger partial charge in [0.15, 0.2) is 0 Å². The van der Waals surface area contributed by atoms with Gasteiger partial charge in [0.2, 0.25) is 0 Å². The van der Waals surface area contributed by atoms with Crippen molar-refractivity contribution in [2.45, 2.75) is 25.7 Å². The van der Waals surface area contributed by atoms with Gasteiger partial charge in [0.05, 0.1) is 17.6 Å². The average Bonchev–Trinajstić information content (AvgIpc) is 2.49. The molecular formula is C15H24N4. The van der Waals surface area contributed by atoms with Crippen LogP contribution in [0.4, 0.5) is 11.4 Å². The third kappa shape index (κ3) is 2.54. The van der Waals surface area contributed by atoms with E-state index in [1.54, 1.807) is 0 Å². The van der Waals surface area contributed by atoms with Crippen molar-refractivity contribution in [3.05, 3.63) is 18.5 Å². The van der Waals surface area contributed by atoms with Crippen molar-refractivity contribution in [2.24, 2.45) is 5.41 Å². The maximum Gasteiger partial charge on any atom is 0.0761 e. The van der Waals surface area contributed by atoms with Crippen LogP contribution in [0, 0.1) is 5.41 Å². The molecule has 0 atom stereocenters. The lowest BCUT2D eigenvalue weighted by Crippen LogP contribution is -2.48. The molecule has 3 rings (SSSR count). The van der Waals surface area contributed by atoms with Crippen LogP contribution in [-0.4, -0.2) is 38.2 Å². The van der Waals surface area contributed by atoms with Gasteiger partial charge >= 0.3 is 0 Å². The number of hydrogen-bond donors (Lipinski definition) is 2. The van der Waals surface area contributed by atoms with Gasteiger partial charge in [0.1, 0.15) is 0 Å². The highest BCUT2D eigenvalue weighted by Crippen LogP contribution is 2.39. The lowest BCUT2D eigenvalue weighted by Gasteiger charge is -2.45. The van der Waals surface area contributed by atoms with E-state index in [-0.39, 0.29) is 0 Å². The molecule has 2 saturated heterocycles. The molecule has 0 aliphatic carbocycles. The van der Waals surface area contributed by atoms with E-state index >= 15 is 0 Å². The molecule has 1 aromatic heterocycles. The second-order valence-electron chi connectivity index (χ2n) is 5.91. The molecule has 2 N–H and O–H groups in total. The molecule has 2 aliphatic rings. The summed E-state index contributed by atoms with van der Waals surface area (Å²) in [7, 11) is 1.97. The van der Waals surface area contributed by atoms with Gasteiger partial charge in [0, 0.05) is 32.9 Å². The van der Waals surface area contributed by atoms with Crippen LogP contribution in [0.2, 0.25) is 0 Å². The van der Waals surface area contributed by atoms with Gasteiger partial charge < -0.3 is 15.5 Å². The summed E-state index contributed by atoms with van der Waals surface area (Å²) in [6, 6.07) is 2.13. The summed E-state index contributed by atoms with van der Waals surface area (Å²) in [5.74, 6) is 0. The zero-order chi connectivity index (χ0) is 13.1. The topological polar surface area (TPSA) is 40.2 Å². The van der Waals surface area contributed by atoms with E-state index in [0.717, 1.165) is 5.69 Å². The fourth-order valence-corrected chi connectivity index (χ4v) is 3.53. The maximum absolute atomic E-state index is 4.20. The van der Waals surface area contributed by atoms with Crippen LogP contribution in [0.5, 0.6) is 0 Å². The molecule has 0 saturated carbocycles. The number of nitrogens with one attached hydrogen (secondary N) is 2. The summed E-state index contributed by atoms with van der Waals surface area (Å²) < 4.78 is 0. The largest absolute Gasteiger partial charge is 0.385 e. The van der Waals surface area contributed by atoms with E-state index in [1.807, 2.05) is 19.4 Å². The minimum absolute atomic E-state index is 0.571. The third-order valence-electron chi connectivity index (χ3n) is 4.79. The van der Waals surface area contributed by atoms with Crippen LogP contribution in [0.1, 0.15) is 25.7 Å². The molecule has 0 unspecified atom stereocenters. The summed E-state index contributed by atoms with van der Waals surface area (Å²) in [4.78, 5) is 6.70. The number of nitrogens with zero attached hydrogens (tertiary/aromatic N) is 2.